The molecule has 0 atom stereocenters. The van der Waals surface area contributed by atoms with E-state index in [9.17, 15) is 23.3 Å². The molecule has 27 heavy (non-hydrogen) atoms. The number of non-ortho nitro benzene ring substituents is 1. The van der Waals surface area contributed by atoms with E-state index in [1.165, 1.54) is 29.2 Å². The summed E-state index contributed by atoms with van der Waals surface area (Å²) in [6, 6.07) is 12.3. The highest BCUT2D eigenvalue weighted by molar-refractivity contribution is 7.88. The Morgan fingerprint density at radius 3 is 2.52 bits per heavy atom. The van der Waals surface area contributed by atoms with Crippen molar-refractivity contribution in [2.45, 2.75) is 12.3 Å². The number of nitro benzene ring substituents is 1. The standard InChI is InChI=1S/C17H17N3O6S/c21-17-19(8-9-26-17)16-3-1-2-14(10-16)11-18-27(24,25)12-13-4-6-15(7-5-13)20(22)23/h1-7,10,18H,8-9,11-12H2. The molecule has 1 fully saturated rings. The number of cyclic esters (lactones) is 1. The Morgan fingerprint density at radius 2 is 1.89 bits per heavy atom. The van der Waals surface area contributed by atoms with E-state index in [2.05, 4.69) is 4.72 Å². The highest BCUT2D eigenvalue weighted by atomic mass is 32.2. The first-order valence-electron chi connectivity index (χ1n) is 8.08. The van der Waals surface area contributed by atoms with Gasteiger partial charge in [0, 0.05) is 24.4 Å². The summed E-state index contributed by atoms with van der Waals surface area (Å²) < 4.78 is 31.9. The fourth-order valence-corrected chi connectivity index (χ4v) is 3.76. The quantitative estimate of drug-likeness (QED) is 0.571. The molecule has 2 aromatic carbocycles. The van der Waals surface area contributed by atoms with Gasteiger partial charge in [0.1, 0.15) is 6.61 Å². The molecule has 0 radical (unpaired) electrons. The van der Waals surface area contributed by atoms with Crippen LogP contribution in [0.2, 0.25) is 0 Å². The van der Waals surface area contributed by atoms with Crippen LogP contribution >= 0.6 is 0 Å². The fraction of sp³-hybridized carbons (Fsp3) is 0.235. The van der Waals surface area contributed by atoms with Gasteiger partial charge in [0.15, 0.2) is 0 Å². The zero-order chi connectivity index (χ0) is 19.4. The van der Waals surface area contributed by atoms with Crippen molar-refractivity contribution < 1.29 is 22.9 Å². The number of nitro groups is 1. The predicted molar refractivity (Wildman–Crippen MR) is 97.7 cm³/mol. The molecule has 1 N–H and O–H groups in total. The van der Waals surface area contributed by atoms with Gasteiger partial charge in [0.25, 0.3) is 5.69 Å². The van der Waals surface area contributed by atoms with E-state index in [4.69, 9.17) is 4.74 Å². The molecule has 0 bridgehead atoms. The number of sulfonamides is 1. The lowest BCUT2D eigenvalue weighted by molar-refractivity contribution is -0.384. The summed E-state index contributed by atoms with van der Waals surface area (Å²) in [6.07, 6.45) is -0.425. The molecule has 1 amide bonds. The average Bonchev–Trinajstić information content (AvgIpc) is 3.06. The molecule has 0 aromatic heterocycles. The van der Waals surface area contributed by atoms with Crippen molar-refractivity contribution in [3.63, 3.8) is 0 Å². The molecule has 0 spiro atoms. The Balaban J connectivity index is 1.63. The molecule has 9 nitrogen and oxygen atoms in total. The topological polar surface area (TPSA) is 119 Å². The molecule has 1 aliphatic rings. The van der Waals surface area contributed by atoms with Crippen molar-refractivity contribution in [2.75, 3.05) is 18.1 Å². The highest BCUT2D eigenvalue weighted by Crippen LogP contribution is 2.20. The van der Waals surface area contributed by atoms with E-state index in [0.29, 0.717) is 30.0 Å². The van der Waals surface area contributed by atoms with E-state index in [1.54, 1.807) is 24.3 Å². The molecule has 2 aromatic rings. The van der Waals surface area contributed by atoms with Crippen molar-refractivity contribution >= 4 is 27.5 Å². The summed E-state index contributed by atoms with van der Waals surface area (Å²) >= 11 is 0. The van der Waals surface area contributed by atoms with Gasteiger partial charge in [-0.2, -0.15) is 0 Å². The third kappa shape index (κ3) is 4.80. The van der Waals surface area contributed by atoms with E-state index in [0.717, 1.165) is 0 Å². The number of hydrogen-bond acceptors (Lipinski definition) is 6. The number of carbonyl (C=O) groups excluding carboxylic acids is 1. The Bertz CT molecular complexity index is 959. The first-order chi connectivity index (χ1) is 12.8. The maximum atomic E-state index is 12.3. The number of amides is 1. The summed E-state index contributed by atoms with van der Waals surface area (Å²) in [5, 5.41) is 10.6. The van der Waals surface area contributed by atoms with Crippen molar-refractivity contribution in [3.8, 4) is 0 Å². The van der Waals surface area contributed by atoms with Crippen LogP contribution in [0.1, 0.15) is 11.1 Å². The lowest BCUT2D eigenvalue weighted by Gasteiger charge is -2.14. The van der Waals surface area contributed by atoms with Gasteiger partial charge in [-0.3, -0.25) is 15.0 Å². The SMILES string of the molecule is O=C1OCCN1c1cccc(CNS(=O)(=O)Cc2ccc([N+](=O)[O-])cc2)c1. The largest absolute Gasteiger partial charge is 0.447 e. The zero-order valence-corrected chi connectivity index (χ0v) is 15.0. The third-order valence-electron chi connectivity index (χ3n) is 3.98. The average molecular weight is 391 g/mol. The third-order valence-corrected chi connectivity index (χ3v) is 5.28. The first-order valence-corrected chi connectivity index (χ1v) is 9.73. The number of anilines is 1. The van der Waals surface area contributed by atoms with Crippen molar-refractivity contribution in [3.05, 3.63) is 69.8 Å². The second kappa shape index (κ2) is 7.72. The maximum absolute atomic E-state index is 12.3. The number of benzene rings is 2. The van der Waals surface area contributed by atoms with Crippen LogP contribution in [0.25, 0.3) is 0 Å². The number of nitrogens with one attached hydrogen (secondary N) is 1. The summed E-state index contributed by atoms with van der Waals surface area (Å²) in [5.41, 5.74) is 1.69. The van der Waals surface area contributed by atoms with E-state index >= 15 is 0 Å². The smallest absolute Gasteiger partial charge is 0.414 e. The number of nitrogens with zero attached hydrogens (tertiary/aromatic N) is 2. The minimum absolute atomic E-state index is 0.0615. The molecular weight excluding hydrogens is 374 g/mol. The minimum atomic E-state index is -3.63. The molecule has 3 rings (SSSR count). The monoisotopic (exact) mass is 391 g/mol. The minimum Gasteiger partial charge on any atom is -0.447 e. The Morgan fingerprint density at radius 1 is 1.15 bits per heavy atom. The lowest BCUT2D eigenvalue weighted by atomic mass is 10.2. The summed E-state index contributed by atoms with van der Waals surface area (Å²) in [6.45, 7) is 0.838. The Kier molecular flexibility index (Phi) is 5.38. The molecule has 1 heterocycles. The van der Waals surface area contributed by atoms with Crippen LogP contribution in [0.4, 0.5) is 16.2 Å². The number of rotatable bonds is 7. The van der Waals surface area contributed by atoms with E-state index in [-0.39, 0.29) is 18.0 Å². The number of ether oxygens (including phenoxy) is 1. The molecule has 10 heteroatoms. The van der Waals surface area contributed by atoms with E-state index in [1.807, 2.05) is 0 Å². The summed E-state index contributed by atoms with van der Waals surface area (Å²) in [5.74, 6) is -0.289. The number of hydrogen-bond donors (Lipinski definition) is 1. The van der Waals surface area contributed by atoms with Gasteiger partial charge in [-0.25, -0.2) is 17.9 Å². The first kappa shape index (κ1) is 18.8. The van der Waals surface area contributed by atoms with Crippen LogP contribution in [0.5, 0.6) is 0 Å². The summed E-state index contributed by atoms with van der Waals surface area (Å²) in [7, 11) is -3.63. The number of carbonyl (C=O) groups is 1. The van der Waals surface area contributed by atoms with Crippen molar-refractivity contribution in [1.82, 2.24) is 4.72 Å². The Hall–Kier alpha value is -2.98. The van der Waals surface area contributed by atoms with Gasteiger partial charge in [-0.15, -0.1) is 0 Å². The van der Waals surface area contributed by atoms with Gasteiger partial charge in [-0.1, -0.05) is 24.3 Å². The second-order valence-corrected chi connectivity index (χ2v) is 7.75. The maximum Gasteiger partial charge on any atom is 0.414 e. The fourth-order valence-electron chi connectivity index (χ4n) is 2.64. The molecule has 142 valence electrons. The second-order valence-electron chi connectivity index (χ2n) is 5.94. The highest BCUT2D eigenvalue weighted by Gasteiger charge is 2.23. The van der Waals surface area contributed by atoms with Crippen LogP contribution < -0.4 is 9.62 Å². The van der Waals surface area contributed by atoms with Gasteiger partial charge < -0.3 is 4.74 Å². The molecule has 1 aliphatic heterocycles. The van der Waals surface area contributed by atoms with Crippen molar-refractivity contribution in [2.24, 2.45) is 0 Å². The van der Waals surface area contributed by atoms with Crippen LogP contribution in [0.15, 0.2) is 48.5 Å². The van der Waals surface area contributed by atoms with Gasteiger partial charge in [0.2, 0.25) is 10.0 Å². The molecule has 0 unspecified atom stereocenters. The van der Waals surface area contributed by atoms with Crippen LogP contribution in [0.3, 0.4) is 0 Å². The predicted octanol–water partition coefficient (Wildman–Crippen LogP) is 2.17. The van der Waals surface area contributed by atoms with Gasteiger partial charge >= 0.3 is 6.09 Å². The zero-order valence-electron chi connectivity index (χ0n) is 14.2. The molecule has 0 aliphatic carbocycles. The van der Waals surface area contributed by atoms with Crippen molar-refractivity contribution in [1.29, 1.82) is 0 Å². The van der Waals surface area contributed by atoms with Gasteiger partial charge in [0.05, 0.1) is 17.2 Å². The molecule has 1 saturated heterocycles. The van der Waals surface area contributed by atoms with Crippen LogP contribution in [-0.2, 0) is 27.1 Å². The van der Waals surface area contributed by atoms with Crippen LogP contribution in [0, 0.1) is 10.1 Å². The lowest BCUT2D eigenvalue weighted by Crippen LogP contribution is -2.25. The van der Waals surface area contributed by atoms with E-state index < -0.39 is 21.0 Å². The molecular formula is C17H17N3O6S. The summed E-state index contributed by atoms with van der Waals surface area (Å²) in [4.78, 5) is 23.2. The molecule has 0 saturated carbocycles. The Labute approximate surface area is 155 Å². The van der Waals surface area contributed by atoms with Gasteiger partial charge in [-0.05, 0) is 23.3 Å². The normalized spacial score (nSPS) is 14.2. The van der Waals surface area contributed by atoms with Crippen LogP contribution in [-0.4, -0.2) is 32.6 Å².